The van der Waals surface area contributed by atoms with Crippen LogP contribution in [-0.2, 0) is 9.31 Å². The number of aromatic nitrogens is 8. The summed E-state index contributed by atoms with van der Waals surface area (Å²) < 4.78 is 51.2. The number of aromatic amines is 2. The lowest BCUT2D eigenvalue weighted by atomic mass is 9.79. The smallest absolute Gasteiger partial charge is 0.441 e. The maximum Gasteiger partial charge on any atom is 0.495 e. The molecule has 0 radical (unpaired) electrons. The lowest BCUT2D eigenvalue weighted by Crippen LogP contribution is -2.41. The Balaban J connectivity index is 0.000000121. The Labute approximate surface area is 418 Å². The van der Waals surface area contributed by atoms with Crippen LogP contribution in [0.3, 0.4) is 0 Å². The molecule has 5 fully saturated rings. The number of hydrogen-bond donors (Lipinski definition) is 2. The van der Waals surface area contributed by atoms with Gasteiger partial charge in [-0.25, -0.2) is 33.7 Å². The van der Waals surface area contributed by atoms with Crippen molar-refractivity contribution in [1.82, 2.24) is 49.7 Å². The van der Waals surface area contributed by atoms with E-state index >= 15 is 0 Å². The minimum Gasteiger partial charge on any atom is -0.441 e. The Morgan fingerprint density at radius 2 is 1.10 bits per heavy atom. The quantitative estimate of drug-likeness (QED) is 0.119. The molecule has 20 heteroatoms. The molecule has 0 atom stereocenters. The first-order chi connectivity index (χ1) is 34.4. The normalized spacial score (nSPS) is 19.8. The summed E-state index contributed by atoms with van der Waals surface area (Å²) >= 11 is 5.83. The van der Waals surface area contributed by atoms with Gasteiger partial charge in [0.2, 0.25) is 0 Å². The summed E-state index contributed by atoms with van der Waals surface area (Å²) in [4.78, 5) is 61.9. The molecule has 3 saturated heterocycles. The van der Waals surface area contributed by atoms with Crippen molar-refractivity contribution in [1.29, 1.82) is 0 Å². The average molecular weight is 1000 g/mol. The second kappa shape index (κ2) is 18.8. The molecule has 0 unspecified atom stereocenters. The van der Waals surface area contributed by atoms with Crippen LogP contribution in [-0.4, -0.2) is 106 Å². The van der Waals surface area contributed by atoms with Gasteiger partial charge >= 0.3 is 7.12 Å². The van der Waals surface area contributed by atoms with Gasteiger partial charge in [0.15, 0.2) is 34.6 Å². The lowest BCUT2D eigenvalue weighted by molar-refractivity contribution is 0.00578. The predicted octanol–water partition coefficient (Wildman–Crippen LogP) is 8.80. The molecule has 3 aliphatic heterocycles. The number of nitrogens with one attached hydrogen (secondary N) is 2. The molecule has 0 bridgehead atoms. The average Bonchev–Trinajstić information content (AvgIpc) is 4.29. The van der Waals surface area contributed by atoms with Crippen molar-refractivity contribution in [3.63, 3.8) is 0 Å². The van der Waals surface area contributed by atoms with E-state index < -0.39 is 30.0 Å². The minimum atomic E-state index is -0.607. The van der Waals surface area contributed by atoms with E-state index in [0.29, 0.717) is 72.5 Å². The number of piperidine rings is 2. The van der Waals surface area contributed by atoms with Gasteiger partial charge in [-0.3, -0.25) is 14.6 Å². The summed E-state index contributed by atoms with van der Waals surface area (Å²) in [7, 11) is -0.607. The molecule has 374 valence electrons. The zero-order valence-corrected chi connectivity index (χ0v) is 41.9. The number of likely N-dealkylation sites (tertiary alicyclic amines) is 2. The summed E-state index contributed by atoms with van der Waals surface area (Å²) in [6, 6.07) is 11.0. The van der Waals surface area contributed by atoms with Crippen molar-refractivity contribution in [2.24, 2.45) is 0 Å². The van der Waals surface area contributed by atoms with Crippen molar-refractivity contribution in [3.8, 4) is 11.3 Å². The van der Waals surface area contributed by atoms with Crippen LogP contribution in [0.4, 0.5) is 8.78 Å². The van der Waals surface area contributed by atoms with Crippen LogP contribution in [0.2, 0.25) is 5.15 Å². The number of H-pyrrole nitrogens is 2. The van der Waals surface area contributed by atoms with Gasteiger partial charge in [0.1, 0.15) is 27.8 Å². The third-order valence-corrected chi connectivity index (χ3v) is 15.3. The van der Waals surface area contributed by atoms with Crippen molar-refractivity contribution in [2.75, 3.05) is 26.2 Å². The number of aryl methyl sites for hydroxylation is 2. The molecular weight excluding hydrogens is 945 g/mol. The van der Waals surface area contributed by atoms with Gasteiger partial charge in [0.25, 0.3) is 11.1 Å². The van der Waals surface area contributed by atoms with E-state index in [0.717, 1.165) is 75.6 Å². The van der Waals surface area contributed by atoms with E-state index in [-0.39, 0.29) is 28.1 Å². The first-order valence-electron chi connectivity index (χ1n) is 24.9. The van der Waals surface area contributed by atoms with Gasteiger partial charge in [0.05, 0.1) is 51.1 Å². The summed E-state index contributed by atoms with van der Waals surface area (Å²) in [5, 5.41) is 1.27. The number of halogens is 3. The highest BCUT2D eigenvalue weighted by atomic mass is 35.5. The Morgan fingerprint density at radius 3 is 1.61 bits per heavy atom. The van der Waals surface area contributed by atoms with Gasteiger partial charge in [-0.15, -0.1) is 0 Å². The molecular formula is C52H56BClF2N10O6. The Kier molecular flexibility index (Phi) is 12.6. The number of fused-ring (bicyclic) bond motifs is 4. The maximum absolute atomic E-state index is 14.4. The van der Waals surface area contributed by atoms with Gasteiger partial charge in [-0.2, -0.15) is 0 Å². The fraction of sp³-hybridized carbons (Fsp3) is 0.462. The zero-order valence-electron chi connectivity index (χ0n) is 41.2. The highest BCUT2D eigenvalue weighted by Gasteiger charge is 2.52. The molecule has 2 N–H and O–H groups in total. The van der Waals surface area contributed by atoms with E-state index in [1.54, 1.807) is 50.5 Å². The predicted molar refractivity (Wildman–Crippen MR) is 271 cm³/mol. The zero-order chi connectivity index (χ0) is 50.2. The summed E-state index contributed by atoms with van der Waals surface area (Å²) in [5.74, 6) is 2.07. The van der Waals surface area contributed by atoms with Crippen molar-refractivity contribution >= 4 is 68.2 Å². The lowest BCUT2D eigenvalue weighted by Gasteiger charge is -2.32. The molecule has 72 heavy (non-hydrogen) atoms. The molecule has 2 saturated carbocycles. The van der Waals surface area contributed by atoms with Crippen molar-refractivity contribution < 1.29 is 26.9 Å². The molecule has 16 nitrogen and oxygen atoms in total. The van der Waals surface area contributed by atoms with Crippen LogP contribution in [0.25, 0.3) is 55.3 Å². The van der Waals surface area contributed by atoms with Crippen LogP contribution in [0, 0.1) is 25.5 Å². The number of oxazole rings is 2. The monoisotopic (exact) mass is 1000 g/mol. The first-order valence-corrected chi connectivity index (χ1v) is 25.3. The third-order valence-electron chi connectivity index (χ3n) is 15.1. The topological polar surface area (TPSA) is 194 Å². The molecule has 5 aliphatic rings. The van der Waals surface area contributed by atoms with E-state index in [1.807, 2.05) is 27.7 Å². The number of hydrogen-bond acceptors (Lipinski definition) is 14. The second-order valence-electron chi connectivity index (χ2n) is 20.8. The van der Waals surface area contributed by atoms with E-state index in [9.17, 15) is 18.4 Å². The molecule has 6 aromatic heterocycles. The van der Waals surface area contributed by atoms with Crippen molar-refractivity contribution in [2.45, 2.75) is 128 Å². The van der Waals surface area contributed by atoms with Gasteiger partial charge < -0.3 is 37.9 Å². The van der Waals surface area contributed by atoms with Crippen LogP contribution in [0.1, 0.15) is 114 Å². The minimum absolute atomic E-state index is 0.121. The van der Waals surface area contributed by atoms with E-state index in [1.165, 1.54) is 37.8 Å². The van der Waals surface area contributed by atoms with Crippen molar-refractivity contribution in [3.05, 3.63) is 110 Å². The SMILES string of the molecule is Cc1nc2c(F)cc(-c3cc4c(=O)[nH]c(C5CCN(C6CC6)CC5)nc4cn3)cc2o1.Cc1nc2c(F)cc(B3OC(C)(C)C(C)(C)O3)cc2o1.O=c1[nH]c(C2CCN(C3CC3)CC2)nc2cnc(Cl)cc12. The number of pyridine rings is 2. The van der Waals surface area contributed by atoms with Crippen LogP contribution >= 0.6 is 11.6 Å². The molecule has 9 heterocycles. The number of rotatable bonds is 6. The molecule has 13 rings (SSSR count). The molecule has 2 aromatic carbocycles. The van der Waals surface area contributed by atoms with E-state index in [4.69, 9.17) is 34.7 Å². The van der Waals surface area contributed by atoms with Gasteiger partial charge in [-0.05, 0) is 147 Å². The Bertz CT molecular complexity index is 3470. The summed E-state index contributed by atoms with van der Waals surface area (Å²) in [5.41, 5.74) is 2.77. The molecule has 8 aromatic rings. The number of benzene rings is 2. The van der Waals surface area contributed by atoms with Gasteiger partial charge in [-0.1, -0.05) is 11.6 Å². The molecule has 0 spiro atoms. The first kappa shape index (κ1) is 48.3. The van der Waals surface area contributed by atoms with Gasteiger partial charge in [0, 0.05) is 43.3 Å². The molecule has 2 aliphatic carbocycles. The Morgan fingerprint density at radius 1 is 0.625 bits per heavy atom. The Hall–Kier alpha value is -5.99. The molecule has 0 amide bonds. The summed E-state index contributed by atoms with van der Waals surface area (Å²) in [6.45, 7) is 15.5. The highest BCUT2D eigenvalue weighted by Crippen LogP contribution is 2.38. The second-order valence-corrected chi connectivity index (χ2v) is 21.2. The van der Waals surface area contributed by atoms with Crippen LogP contribution in [0.5, 0.6) is 0 Å². The fourth-order valence-corrected chi connectivity index (χ4v) is 10.2. The van der Waals surface area contributed by atoms with Crippen LogP contribution in [0.15, 0.2) is 67.2 Å². The van der Waals surface area contributed by atoms with E-state index in [2.05, 4.69) is 44.7 Å². The van der Waals surface area contributed by atoms with Crippen LogP contribution < -0.4 is 16.6 Å². The fourth-order valence-electron chi connectivity index (χ4n) is 10.1. The highest BCUT2D eigenvalue weighted by molar-refractivity contribution is 6.62. The number of nitrogens with zero attached hydrogens (tertiary/aromatic N) is 8. The summed E-state index contributed by atoms with van der Waals surface area (Å²) in [6.07, 6.45) is 12.6. The largest absolute Gasteiger partial charge is 0.495 e. The standard InChI is InChI=1S/C23H22FN5O2.C15H17ClN4O.C14H17BFNO3/c1-12-26-21-17(24)8-14(9-20(21)31-12)18-10-16-19(11-25-18)27-22(28-23(16)30)13-4-6-29(7-5-13)15-2-3-15;16-13-7-11-12(8-17-13)18-14(19-15(11)21)9-3-5-20(6-4-9)10-1-2-10;1-8-17-12-10(16)6-9(7-11(12)18-8)15-19-13(2,3)14(4,5)20-15/h8-11,13,15H,2-7H2,1H3,(H,27,28,30);7-10H,1-6H2,(H,18,19,21);6-7H,1-5H3. The maximum atomic E-state index is 14.4. The third kappa shape index (κ3) is 9.80.